The summed E-state index contributed by atoms with van der Waals surface area (Å²) in [5.74, 6) is 0. The summed E-state index contributed by atoms with van der Waals surface area (Å²) in [5, 5.41) is 4.16. The van der Waals surface area contributed by atoms with Crippen molar-refractivity contribution in [2.75, 3.05) is 0 Å². The SMILES string of the molecule is C=C(C)Cc1cnn(CC)c1. The van der Waals surface area contributed by atoms with Gasteiger partial charge < -0.3 is 0 Å². The first-order valence-electron chi connectivity index (χ1n) is 3.88. The quantitative estimate of drug-likeness (QED) is 0.603. The Morgan fingerprint density at radius 1 is 1.73 bits per heavy atom. The summed E-state index contributed by atoms with van der Waals surface area (Å²) in [5.41, 5.74) is 2.43. The van der Waals surface area contributed by atoms with Crippen LogP contribution in [0, 0.1) is 0 Å². The monoisotopic (exact) mass is 150 g/mol. The van der Waals surface area contributed by atoms with E-state index in [-0.39, 0.29) is 0 Å². The third-order valence-electron chi connectivity index (χ3n) is 1.52. The Morgan fingerprint density at radius 3 is 2.91 bits per heavy atom. The molecule has 2 heteroatoms. The number of nitrogens with zero attached hydrogens (tertiary/aromatic N) is 2. The second-order valence-corrected chi connectivity index (χ2v) is 2.84. The Labute approximate surface area is 67.5 Å². The lowest BCUT2D eigenvalue weighted by molar-refractivity contribution is 0.659. The molecule has 0 spiro atoms. The molecule has 0 aromatic carbocycles. The molecule has 1 rings (SSSR count). The van der Waals surface area contributed by atoms with E-state index in [1.165, 1.54) is 11.1 Å². The predicted octanol–water partition coefficient (Wildman–Crippen LogP) is 2.02. The van der Waals surface area contributed by atoms with Crippen LogP contribution >= 0.6 is 0 Å². The normalized spacial score (nSPS) is 10.0. The Balaban J connectivity index is 2.65. The number of hydrogen-bond acceptors (Lipinski definition) is 1. The predicted molar refractivity (Wildman–Crippen MR) is 46.4 cm³/mol. The van der Waals surface area contributed by atoms with E-state index < -0.39 is 0 Å². The zero-order chi connectivity index (χ0) is 8.27. The van der Waals surface area contributed by atoms with Crippen molar-refractivity contribution < 1.29 is 0 Å². The second-order valence-electron chi connectivity index (χ2n) is 2.84. The van der Waals surface area contributed by atoms with E-state index in [4.69, 9.17) is 0 Å². The third-order valence-corrected chi connectivity index (χ3v) is 1.52. The van der Waals surface area contributed by atoms with Crippen LogP contribution < -0.4 is 0 Å². The van der Waals surface area contributed by atoms with Crippen LogP contribution in [0.4, 0.5) is 0 Å². The van der Waals surface area contributed by atoms with E-state index in [0.29, 0.717) is 0 Å². The van der Waals surface area contributed by atoms with Gasteiger partial charge in [-0.1, -0.05) is 12.2 Å². The van der Waals surface area contributed by atoms with Gasteiger partial charge in [-0.05, 0) is 25.8 Å². The van der Waals surface area contributed by atoms with Gasteiger partial charge in [-0.15, -0.1) is 0 Å². The van der Waals surface area contributed by atoms with Gasteiger partial charge in [0.1, 0.15) is 0 Å². The van der Waals surface area contributed by atoms with Crippen molar-refractivity contribution in [3.63, 3.8) is 0 Å². The number of hydrogen-bond donors (Lipinski definition) is 0. The largest absolute Gasteiger partial charge is 0.273 e. The first-order valence-corrected chi connectivity index (χ1v) is 3.88. The Kier molecular flexibility index (Phi) is 2.47. The number of aromatic nitrogens is 2. The summed E-state index contributed by atoms with van der Waals surface area (Å²) in [7, 11) is 0. The highest BCUT2D eigenvalue weighted by atomic mass is 15.3. The van der Waals surface area contributed by atoms with Crippen molar-refractivity contribution in [2.24, 2.45) is 0 Å². The van der Waals surface area contributed by atoms with Crippen LogP contribution in [0.3, 0.4) is 0 Å². The molecule has 1 aromatic heterocycles. The molecule has 0 aliphatic carbocycles. The molecule has 0 amide bonds. The lowest BCUT2D eigenvalue weighted by atomic mass is 10.1. The molecule has 0 atom stereocenters. The smallest absolute Gasteiger partial charge is 0.0525 e. The molecule has 11 heavy (non-hydrogen) atoms. The van der Waals surface area contributed by atoms with Crippen molar-refractivity contribution in [2.45, 2.75) is 26.8 Å². The lowest BCUT2D eigenvalue weighted by Crippen LogP contribution is -1.92. The highest BCUT2D eigenvalue weighted by Gasteiger charge is 1.95. The summed E-state index contributed by atoms with van der Waals surface area (Å²) in [6.07, 6.45) is 4.91. The Morgan fingerprint density at radius 2 is 2.45 bits per heavy atom. The molecular formula is C9H14N2. The molecule has 2 nitrogen and oxygen atoms in total. The molecule has 0 aliphatic rings. The van der Waals surface area contributed by atoms with E-state index in [2.05, 4.69) is 24.8 Å². The first-order chi connectivity index (χ1) is 5.22. The van der Waals surface area contributed by atoms with Gasteiger partial charge in [-0.25, -0.2) is 0 Å². The second kappa shape index (κ2) is 3.37. The van der Waals surface area contributed by atoms with Crippen molar-refractivity contribution in [1.82, 2.24) is 9.78 Å². The van der Waals surface area contributed by atoms with Gasteiger partial charge in [0.2, 0.25) is 0 Å². The van der Waals surface area contributed by atoms with Gasteiger partial charge in [0.15, 0.2) is 0 Å². The molecule has 0 bridgehead atoms. The maximum Gasteiger partial charge on any atom is 0.0525 e. The van der Waals surface area contributed by atoms with Crippen LogP contribution in [-0.2, 0) is 13.0 Å². The van der Waals surface area contributed by atoms with E-state index in [1.54, 1.807) is 0 Å². The van der Waals surface area contributed by atoms with Crippen molar-refractivity contribution in [3.05, 3.63) is 30.1 Å². The zero-order valence-corrected chi connectivity index (χ0v) is 7.17. The minimum atomic E-state index is 0.941. The Bertz CT molecular complexity index is 248. The topological polar surface area (TPSA) is 17.8 Å². The van der Waals surface area contributed by atoms with Crippen molar-refractivity contribution >= 4 is 0 Å². The van der Waals surface area contributed by atoms with Gasteiger partial charge in [0.25, 0.3) is 0 Å². The Hall–Kier alpha value is -1.05. The van der Waals surface area contributed by atoms with E-state index in [1.807, 2.05) is 17.8 Å². The van der Waals surface area contributed by atoms with Gasteiger partial charge >= 0.3 is 0 Å². The van der Waals surface area contributed by atoms with Crippen molar-refractivity contribution in [3.8, 4) is 0 Å². The van der Waals surface area contributed by atoms with Gasteiger partial charge in [-0.3, -0.25) is 4.68 Å². The van der Waals surface area contributed by atoms with Crippen LogP contribution in [0.5, 0.6) is 0 Å². The maximum atomic E-state index is 4.16. The molecule has 1 aromatic rings. The molecule has 0 unspecified atom stereocenters. The van der Waals surface area contributed by atoms with E-state index in [0.717, 1.165) is 13.0 Å². The number of aryl methyl sites for hydroxylation is 1. The molecule has 0 fully saturated rings. The van der Waals surface area contributed by atoms with Crippen LogP contribution in [0.25, 0.3) is 0 Å². The summed E-state index contributed by atoms with van der Waals surface area (Å²) in [6.45, 7) is 8.90. The third kappa shape index (κ3) is 2.22. The van der Waals surface area contributed by atoms with Crippen LogP contribution in [-0.4, -0.2) is 9.78 Å². The molecule has 0 saturated carbocycles. The first kappa shape index (κ1) is 8.05. The lowest BCUT2D eigenvalue weighted by Gasteiger charge is -1.93. The van der Waals surface area contributed by atoms with Crippen LogP contribution in [0.1, 0.15) is 19.4 Å². The highest BCUT2D eigenvalue weighted by molar-refractivity contribution is 5.12. The van der Waals surface area contributed by atoms with Gasteiger partial charge in [0.05, 0.1) is 6.20 Å². The molecule has 0 radical (unpaired) electrons. The minimum Gasteiger partial charge on any atom is -0.273 e. The average Bonchev–Trinajstić information content (AvgIpc) is 2.34. The fraction of sp³-hybridized carbons (Fsp3) is 0.444. The average molecular weight is 150 g/mol. The molecule has 0 aliphatic heterocycles. The van der Waals surface area contributed by atoms with Gasteiger partial charge in [0, 0.05) is 12.7 Å². The van der Waals surface area contributed by atoms with E-state index >= 15 is 0 Å². The fourth-order valence-electron chi connectivity index (χ4n) is 1.02. The molecule has 60 valence electrons. The molecule has 0 saturated heterocycles. The van der Waals surface area contributed by atoms with Gasteiger partial charge in [-0.2, -0.15) is 5.10 Å². The van der Waals surface area contributed by atoms with Crippen LogP contribution in [0.15, 0.2) is 24.5 Å². The summed E-state index contributed by atoms with van der Waals surface area (Å²) in [4.78, 5) is 0. The van der Waals surface area contributed by atoms with E-state index in [9.17, 15) is 0 Å². The summed E-state index contributed by atoms with van der Waals surface area (Å²) >= 11 is 0. The molecule has 0 N–H and O–H groups in total. The highest BCUT2D eigenvalue weighted by Crippen LogP contribution is 2.03. The number of rotatable bonds is 3. The van der Waals surface area contributed by atoms with Crippen molar-refractivity contribution in [1.29, 1.82) is 0 Å². The molecular weight excluding hydrogens is 136 g/mol. The van der Waals surface area contributed by atoms with Crippen LogP contribution in [0.2, 0.25) is 0 Å². The molecule has 1 heterocycles. The summed E-state index contributed by atoms with van der Waals surface area (Å²) in [6, 6.07) is 0. The summed E-state index contributed by atoms with van der Waals surface area (Å²) < 4.78 is 1.93. The number of allylic oxidation sites excluding steroid dienone is 1. The fourth-order valence-corrected chi connectivity index (χ4v) is 1.02. The standard InChI is InChI=1S/C9H14N2/c1-4-11-7-9(6-10-11)5-8(2)3/h6-7H,2,4-5H2,1,3H3. The minimum absolute atomic E-state index is 0.941. The maximum absolute atomic E-state index is 4.16. The zero-order valence-electron chi connectivity index (χ0n) is 7.17.